The van der Waals surface area contributed by atoms with Gasteiger partial charge in [0, 0.05) is 18.1 Å². The Kier molecular flexibility index (Phi) is 3.89. The predicted molar refractivity (Wildman–Crippen MR) is 87.8 cm³/mol. The number of hydrogen-bond acceptors (Lipinski definition) is 4. The Morgan fingerprint density at radius 3 is 2.35 bits per heavy atom. The molecule has 3 aromatic rings. The van der Waals surface area contributed by atoms with Crippen molar-refractivity contribution in [2.24, 2.45) is 0 Å². The highest BCUT2D eigenvalue weighted by Gasteiger charge is 2.12. The van der Waals surface area contributed by atoms with E-state index in [2.05, 4.69) is 20.5 Å². The lowest BCUT2D eigenvalue weighted by Crippen LogP contribution is -2.16. The van der Waals surface area contributed by atoms with Crippen LogP contribution in [0, 0.1) is 20.8 Å². The van der Waals surface area contributed by atoms with Gasteiger partial charge in [0.05, 0.1) is 0 Å². The molecule has 2 heterocycles. The molecule has 6 nitrogen and oxygen atoms in total. The first-order chi connectivity index (χ1) is 11.1. The number of amides is 1. The Hall–Kier alpha value is -3.02. The molecule has 0 saturated heterocycles. The maximum absolute atomic E-state index is 12.4. The number of rotatable bonds is 3. The number of aromatic nitrogens is 4. The van der Waals surface area contributed by atoms with Gasteiger partial charge in [0.1, 0.15) is 5.82 Å². The van der Waals surface area contributed by atoms with E-state index in [-0.39, 0.29) is 11.6 Å². The molecule has 0 unspecified atom stereocenters. The van der Waals surface area contributed by atoms with Crippen LogP contribution in [0.1, 0.15) is 27.4 Å². The fourth-order valence-electron chi connectivity index (χ4n) is 2.38. The topological polar surface area (TPSA) is 72.7 Å². The number of nitrogens with zero attached hydrogens (tertiary/aromatic N) is 4. The summed E-state index contributed by atoms with van der Waals surface area (Å²) in [4.78, 5) is 16.5. The van der Waals surface area contributed by atoms with Gasteiger partial charge in [0.15, 0.2) is 11.5 Å². The third kappa shape index (κ3) is 2.96. The van der Waals surface area contributed by atoms with Gasteiger partial charge in [-0.2, -0.15) is 0 Å². The molecule has 23 heavy (non-hydrogen) atoms. The molecule has 2 aromatic heterocycles. The third-order valence-corrected chi connectivity index (χ3v) is 3.68. The van der Waals surface area contributed by atoms with Crippen LogP contribution in [-0.2, 0) is 0 Å². The largest absolute Gasteiger partial charge is 0.320 e. The zero-order chi connectivity index (χ0) is 16.4. The Morgan fingerprint density at radius 1 is 1.04 bits per heavy atom. The summed E-state index contributed by atoms with van der Waals surface area (Å²) in [7, 11) is 0. The van der Waals surface area contributed by atoms with Crippen LogP contribution in [0.2, 0.25) is 0 Å². The number of anilines is 1. The summed E-state index contributed by atoms with van der Waals surface area (Å²) in [5, 5.41) is 11.0. The predicted octanol–water partition coefficient (Wildman–Crippen LogP) is 2.84. The number of benzene rings is 1. The van der Waals surface area contributed by atoms with E-state index in [1.54, 1.807) is 29.1 Å². The normalized spacial score (nSPS) is 10.6. The van der Waals surface area contributed by atoms with Crippen molar-refractivity contribution in [1.29, 1.82) is 0 Å². The molecule has 0 saturated carbocycles. The molecule has 0 aliphatic carbocycles. The quantitative estimate of drug-likeness (QED) is 0.807. The molecular weight excluding hydrogens is 290 g/mol. The fourth-order valence-corrected chi connectivity index (χ4v) is 2.38. The maximum Gasteiger partial charge on any atom is 0.276 e. The van der Waals surface area contributed by atoms with E-state index in [1.165, 1.54) is 0 Å². The number of nitrogens with one attached hydrogen (secondary N) is 1. The van der Waals surface area contributed by atoms with E-state index in [0.717, 1.165) is 22.6 Å². The van der Waals surface area contributed by atoms with Gasteiger partial charge >= 0.3 is 0 Å². The van der Waals surface area contributed by atoms with E-state index in [1.807, 2.05) is 39.0 Å². The van der Waals surface area contributed by atoms with Crippen molar-refractivity contribution in [3.63, 3.8) is 0 Å². The van der Waals surface area contributed by atoms with Gasteiger partial charge < -0.3 is 5.32 Å². The van der Waals surface area contributed by atoms with Crippen LogP contribution in [0.25, 0.3) is 5.82 Å². The Labute approximate surface area is 134 Å². The summed E-state index contributed by atoms with van der Waals surface area (Å²) in [5.74, 6) is 1.17. The highest BCUT2D eigenvalue weighted by molar-refractivity contribution is 6.03. The number of carbonyl (C=O) groups is 1. The lowest BCUT2D eigenvalue weighted by molar-refractivity contribution is 0.102. The van der Waals surface area contributed by atoms with Crippen molar-refractivity contribution >= 4 is 11.6 Å². The van der Waals surface area contributed by atoms with Crippen molar-refractivity contribution in [2.75, 3.05) is 5.32 Å². The highest BCUT2D eigenvalue weighted by Crippen LogP contribution is 2.20. The summed E-state index contributed by atoms with van der Waals surface area (Å²) >= 11 is 0. The minimum absolute atomic E-state index is 0.272. The smallest absolute Gasteiger partial charge is 0.276 e. The summed E-state index contributed by atoms with van der Waals surface area (Å²) in [6.07, 6.45) is 3.49. The molecule has 0 aliphatic rings. The number of para-hydroxylation sites is 1. The van der Waals surface area contributed by atoms with Crippen LogP contribution >= 0.6 is 0 Å². The van der Waals surface area contributed by atoms with Crippen LogP contribution in [0.3, 0.4) is 0 Å². The molecule has 0 bridgehead atoms. The fraction of sp³-hybridized carbons (Fsp3) is 0.176. The summed E-state index contributed by atoms with van der Waals surface area (Å²) in [6, 6.07) is 9.28. The van der Waals surface area contributed by atoms with Crippen molar-refractivity contribution < 1.29 is 4.79 Å². The van der Waals surface area contributed by atoms with Gasteiger partial charge in [-0.1, -0.05) is 18.2 Å². The lowest BCUT2D eigenvalue weighted by Gasteiger charge is -2.11. The van der Waals surface area contributed by atoms with E-state index in [9.17, 15) is 4.79 Å². The lowest BCUT2D eigenvalue weighted by atomic mass is 10.1. The average molecular weight is 307 g/mol. The standard InChI is InChI=1S/C17H17N5O/c1-11-5-4-6-12(2)16(11)19-17(23)14-7-8-15(21-20-14)22-10-9-18-13(22)3/h4-10H,1-3H3,(H,19,23). The van der Waals surface area contributed by atoms with Crippen molar-refractivity contribution in [1.82, 2.24) is 19.7 Å². The molecule has 116 valence electrons. The molecule has 0 atom stereocenters. The first-order valence-corrected chi connectivity index (χ1v) is 7.28. The molecule has 3 rings (SSSR count). The van der Waals surface area contributed by atoms with E-state index in [0.29, 0.717) is 5.82 Å². The second kappa shape index (κ2) is 6.00. The SMILES string of the molecule is Cc1cccc(C)c1NC(=O)c1ccc(-n2ccnc2C)nn1. The van der Waals surface area contributed by atoms with Crippen LogP contribution < -0.4 is 5.32 Å². The second-order valence-corrected chi connectivity index (χ2v) is 5.34. The number of hydrogen-bond donors (Lipinski definition) is 1. The molecule has 1 aromatic carbocycles. The second-order valence-electron chi connectivity index (χ2n) is 5.34. The highest BCUT2D eigenvalue weighted by atomic mass is 16.1. The number of imidazole rings is 1. The van der Waals surface area contributed by atoms with Crippen LogP contribution in [-0.4, -0.2) is 25.7 Å². The van der Waals surface area contributed by atoms with Crippen molar-refractivity contribution in [3.8, 4) is 5.82 Å². The molecule has 0 radical (unpaired) electrons. The zero-order valence-corrected chi connectivity index (χ0v) is 13.2. The third-order valence-electron chi connectivity index (χ3n) is 3.68. The minimum atomic E-state index is -0.274. The minimum Gasteiger partial charge on any atom is -0.320 e. The average Bonchev–Trinajstić information content (AvgIpc) is 2.97. The maximum atomic E-state index is 12.4. The van der Waals surface area contributed by atoms with Crippen molar-refractivity contribution in [3.05, 3.63) is 65.4 Å². The monoisotopic (exact) mass is 307 g/mol. The first kappa shape index (κ1) is 14.9. The molecular formula is C17H17N5O. The van der Waals surface area contributed by atoms with Crippen molar-refractivity contribution in [2.45, 2.75) is 20.8 Å². The Balaban J connectivity index is 1.82. The van der Waals surface area contributed by atoms with E-state index in [4.69, 9.17) is 0 Å². The zero-order valence-electron chi connectivity index (χ0n) is 13.2. The van der Waals surface area contributed by atoms with E-state index < -0.39 is 0 Å². The molecule has 0 aliphatic heterocycles. The molecule has 1 amide bonds. The van der Waals surface area contributed by atoms with Crippen LogP contribution in [0.15, 0.2) is 42.7 Å². The van der Waals surface area contributed by atoms with Gasteiger partial charge in [0.2, 0.25) is 0 Å². The summed E-state index contributed by atoms with van der Waals surface area (Å²) < 4.78 is 1.81. The summed E-state index contributed by atoms with van der Waals surface area (Å²) in [5.41, 5.74) is 3.11. The van der Waals surface area contributed by atoms with Crippen LogP contribution in [0.5, 0.6) is 0 Å². The molecule has 0 fully saturated rings. The van der Waals surface area contributed by atoms with Gasteiger partial charge in [-0.25, -0.2) is 4.98 Å². The van der Waals surface area contributed by atoms with Gasteiger partial charge in [0.25, 0.3) is 5.91 Å². The first-order valence-electron chi connectivity index (χ1n) is 7.28. The number of carbonyl (C=O) groups excluding carboxylic acids is 1. The molecule has 0 spiro atoms. The summed E-state index contributed by atoms with van der Waals surface area (Å²) in [6.45, 7) is 5.79. The number of aryl methyl sites for hydroxylation is 3. The van der Waals surface area contributed by atoms with Gasteiger partial charge in [-0.3, -0.25) is 9.36 Å². The van der Waals surface area contributed by atoms with E-state index >= 15 is 0 Å². The van der Waals surface area contributed by atoms with Gasteiger partial charge in [-0.05, 0) is 44.0 Å². The Morgan fingerprint density at radius 2 is 1.78 bits per heavy atom. The Bertz CT molecular complexity index is 831. The molecule has 6 heteroatoms. The molecule has 1 N–H and O–H groups in total. The van der Waals surface area contributed by atoms with Gasteiger partial charge in [-0.15, -0.1) is 10.2 Å². The van der Waals surface area contributed by atoms with Crippen LogP contribution in [0.4, 0.5) is 5.69 Å².